The van der Waals surface area contributed by atoms with Crippen LogP contribution in [0.3, 0.4) is 0 Å². The first-order valence-electron chi connectivity index (χ1n) is 5.31. The lowest BCUT2D eigenvalue weighted by Crippen LogP contribution is -2.10. The van der Waals surface area contributed by atoms with E-state index in [2.05, 4.69) is 4.98 Å². The fraction of sp³-hybridized carbons (Fsp3) is 0.250. The van der Waals surface area contributed by atoms with Crippen molar-refractivity contribution in [2.24, 2.45) is 0 Å². The summed E-state index contributed by atoms with van der Waals surface area (Å²) < 4.78 is 50.7. The van der Waals surface area contributed by atoms with Crippen LogP contribution in [0.15, 0.2) is 29.8 Å². The molecule has 1 unspecified atom stereocenters. The molecule has 0 saturated carbocycles. The van der Waals surface area contributed by atoms with Crippen LogP contribution in [0.25, 0.3) is 0 Å². The highest BCUT2D eigenvalue weighted by Gasteiger charge is 2.34. The standard InChI is InChI=1S/C12H9F4NOS/c13-9-2-1-7(5-8(9)12(14,15)16)10(18)6-11-17-3-4-19-11/h1-5,10,18H,6H2. The van der Waals surface area contributed by atoms with E-state index < -0.39 is 23.7 Å². The predicted molar refractivity (Wildman–Crippen MR) is 62.2 cm³/mol. The predicted octanol–water partition coefficient (Wildman–Crippen LogP) is 3.58. The molecule has 1 aromatic carbocycles. The highest BCUT2D eigenvalue weighted by molar-refractivity contribution is 7.09. The van der Waals surface area contributed by atoms with Gasteiger partial charge in [0.1, 0.15) is 5.82 Å². The second-order valence-corrected chi connectivity index (χ2v) is 4.86. The van der Waals surface area contributed by atoms with Gasteiger partial charge in [-0.15, -0.1) is 11.3 Å². The number of alkyl halides is 3. The third-order valence-electron chi connectivity index (χ3n) is 2.53. The largest absolute Gasteiger partial charge is 0.419 e. The van der Waals surface area contributed by atoms with Gasteiger partial charge < -0.3 is 5.11 Å². The Morgan fingerprint density at radius 1 is 1.32 bits per heavy atom. The van der Waals surface area contributed by atoms with E-state index in [1.165, 1.54) is 11.3 Å². The molecule has 0 aliphatic heterocycles. The number of rotatable bonds is 3. The van der Waals surface area contributed by atoms with Crippen LogP contribution in [0, 0.1) is 5.82 Å². The van der Waals surface area contributed by atoms with Gasteiger partial charge in [-0.25, -0.2) is 9.37 Å². The van der Waals surface area contributed by atoms with E-state index >= 15 is 0 Å². The fourth-order valence-electron chi connectivity index (χ4n) is 1.60. The highest BCUT2D eigenvalue weighted by Crippen LogP contribution is 2.33. The molecule has 7 heteroatoms. The molecule has 102 valence electrons. The van der Waals surface area contributed by atoms with E-state index in [4.69, 9.17) is 0 Å². The molecule has 0 aliphatic rings. The lowest BCUT2D eigenvalue weighted by atomic mass is 10.0. The second kappa shape index (κ2) is 5.26. The van der Waals surface area contributed by atoms with Crippen molar-refractivity contribution in [2.75, 3.05) is 0 Å². The Kier molecular flexibility index (Phi) is 3.86. The van der Waals surface area contributed by atoms with Crippen molar-refractivity contribution in [3.8, 4) is 0 Å². The molecule has 0 aliphatic carbocycles. The van der Waals surface area contributed by atoms with E-state index in [0.717, 1.165) is 6.07 Å². The van der Waals surface area contributed by atoms with Crippen LogP contribution in [0.2, 0.25) is 0 Å². The van der Waals surface area contributed by atoms with Gasteiger partial charge in [-0.3, -0.25) is 0 Å². The van der Waals surface area contributed by atoms with Crippen LogP contribution in [-0.4, -0.2) is 10.1 Å². The molecule has 0 fully saturated rings. The molecule has 0 saturated heterocycles. The van der Waals surface area contributed by atoms with Crippen molar-refractivity contribution >= 4 is 11.3 Å². The SMILES string of the molecule is OC(Cc1nccs1)c1ccc(F)c(C(F)(F)F)c1. The molecule has 0 radical (unpaired) electrons. The Morgan fingerprint density at radius 2 is 2.05 bits per heavy atom. The molecule has 19 heavy (non-hydrogen) atoms. The van der Waals surface area contributed by atoms with Gasteiger partial charge in [-0.1, -0.05) is 6.07 Å². The van der Waals surface area contributed by atoms with E-state index in [1.807, 2.05) is 0 Å². The zero-order valence-electron chi connectivity index (χ0n) is 9.49. The van der Waals surface area contributed by atoms with Crippen molar-refractivity contribution < 1.29 is 22.7 Å². The lowest BCUT2D eigenvalue weighted by molar-refractivity contribution is -0.140. The zero-order valence-corrected chi connectivity index (χ0v) is 10.3. The van der Waals surface area contributed by atoms with Crippen molar-refractivity contribution in [1.82, 2.24) is 4.98 Å². The van der Waals surface area contributed by atoms with Crippen LogP contribution < -0.4 is 0 Å². The first-order valence-corrected chi connectivity index (χ1v) is 6.19. The number of halogens is 4. The summed E-state index contributed by atoms with van der Waals surface area (Å²) in [5, 5.41) is 12.2. The normalized spacial score (nSPS) is 13.5. The van der Waals surface area contributed by atoms with Gasteiger partial charge in [-0.05, 0) is 17.7 Å². The minimum atomic E-state index is -4.78. The number of aliphatic hydroxyl groups excluding tert-OH is 1. The highest BCUT2D eigenvalue weighted by atomic mass is 32.1. The third-order valence-corrected chi connectivity index (χ3v) is 3.33. The number of hydrogen-bond donors (Lipinski definition) is 1. The summed E-state index contributed by atoms with van der Waals surface area (Å²) in [6.45, 7) is 0. The smallest absolute Gasteiger partial charge is 0.388 e. The zero-order chi connectivity index (χ0) is 14.0. The van der Waals surface area contributed by atoms with Crippen molar-refractivity contribution in [1.29, 1.82) is 0 Å². The molecular formula is C12H9F4NOS. The molecule has 1 N–H and O–H groups in total. The Labute approximate surface area is 110 Å². The van der Waals surface area contributed by atoms with E-state index in [0.29, 0.717) is 17.1 Å². The molecule has 2 rings (SSSR count). The van der Waals surface area contributed by atoms with Gasteiger partial charge in [-0.2, -0.15) is 13.2 Å². The van der Waals surface area contributed by atoms with E-state index in [-0.39, 0.29) is 12.0 Å². The maximum absolute atomic E-state index is 13.1. The summed E-state index contributed by atoms with van der Waals surface area (Å²) in [5.41, 5.74) is -1.35. The second-order valence-electron chi connectivity index (χ2n) is 3.88. The summed E-state index contributed by atoms with van der Waals surface area (Å²) in [6.07, 6.45) is -4.28. The van der Waals surface area contributed by atoms with Gasteiger partial charge >= 0.3 is 6.18 Å². The molecule has 0 amide bonds. The van der Waals surface area contributed by atoms with Crippen LogP contribution in [0.5, 0.6) is 0 Å². The van der Waals surface area contributed by atoms with E-state index in [1.54, 1.807) is 11.6 Å². The lowest BCUT2D eigenvalue weighted by Gasteiger charge is -2.13. The Hall–Kier alpha value is -1.47. The average Bonchev–Trinajstić information content (AvgIpc) is 2.80. The third kappa shape index (κ3) is 3.30. The van der Waals surface area contributed by atoms with E-state index in [9.17, 15) is 22.7 Å². The number of aromatic nitrogens is 1. The molecule has 2 aromatic rings. The minimum absolute atomic E-state index is 0.0175. The van der Waals surface area contributed by atoms with Crippen molar-refractivity contribution in [3.05, 3.63) is 51.7 Å². The summed E-state index contributed by atoms with van der Waals surface area (Å²) in [6, 6.07) is 2.49. The average molecular weight is 291 g/mol. The van der Waals surface area contributed by atoms with Gasteiger partial charge in [0.15, 0.2) is 0 Å². The van der Waals surface area contributed by atoms with Crippen molar-refractivity contribution in [3.63, 3.8) is 0 Å². The minimum Gasteiger partial charge on any atom is -0.388 e. The monoisotopic (exact) mass is 291 g/mol. The van der Waals surface area contributed by atoms with Crippen LogP contribution in [-0.2, 0) is 12.6 Å². The van der Waals surface area contributed by atoms with Crippen molar-refractivity contribution in [2.45, 2.75) is 18.7 Å². The summed E-state index contributed by atoms with van der Waals surface area (Å²) in [4.78, 5) is 3.93. The molecule has 0 bridgehead atoms. The molecule has 1 atom stereocenters. The number of benzene rings is 1. The molecule has 1 aromatic heterocycles. The fourth-order valence-corrected chi connectivity index (χ4v) is 2.26. The Bertz CT molecular complexity index is 553. The molecule has 0 spiro atoms. The van der Waals surface area contributed by atoms with Gasteiger partial charge in [0.2, 0.25) is 0 Å². The molecular weight excluding hydrogens is 282 g/mol. The quantitative estimate of drug-likeness (QED) is 0.877. The van der Waals surface area contributed by atoms with Gasteiger partial charge in [0.05, 0.1) is 16.7 Å². The first kappa shape index (κ1) is 14.0. The summed E-state index contributed by atoms with van der Waals surface area (Å²) in [7, 11) is 0. The maximum atomic E-state index is 13.1. The van der Waals surface area contributed by atoms with Crippen LogP contribution in [0.4, 0.5) is 17.6 Å². The molecule has 1 heterocycles. The number of hydrogen-bond acceptors (Lipinski definition) is 3. The Balaban J connectivity index is 2.25. The number of aliphatic hydroxyl groups is 1. The number of nitrogens with zero attached hydrogens (tertiary/aromatic N) is 1. The Morgan fingerprint density at radius 3 is 2.63 bits per heavy atom. The number of thiazole rings is 1. The maximum Gasteiger partial charge on any atom is 0.419 e. The van der Waals surface area contributed by atoms with Gasteiger partial charge in [0, 0.05) is 18.0 Å². The van der Waals surface area contributed by atoms with Gasteiger partial charge in [0.25, 0.3) is 0 Å². The van der Waals surface area contributed by atoms with Crippen LogP contribution in [0.1, 0.15) is 22.2 Å². The summed E-state index contributed by atoms with van der Waals surface area (Å²) in [5.74, 6) is -1.35. The topological polar surface area (TPSA) is 33.1 Å². The van der Waals surface area contributed by atoms with Crippen LogP contribution >= 0.6 is 11.3 Å². The summed E-state index contributed by atoms with van der Waals surface area (Å²) >= 11 is 1.29. The molecule has 2 nitrogen and oxygen atoms in total. The first-order chi connectivity index (χ1) is 8.88.